The Balaban J connectivity index is 2.03. The van der Waals surface area contributed by atoms with Crippen molar-refractivity contribution in [1.82, 2.24) is 4.31 Å². The van der Waals surface area contributed by atoms with E-state index in [9.17, 15) is 18.0 Å². The number of methoxy groups -OCH3 is 1. The van der Waals surface area contributed by atoms with Gasteiger partial charge in [0, 0.05) is 24.3 Å². The number of carbonyl (C=O) groups excluding carboxylic acids is 2. The molecule has 0 bridgehead atoms. The maximum absolute atomic E-state index is 12.5. The van der Waals surface area contributed by atoms with Crippen LogP contribution >= 0.6 is 0 Å². The molecule has 0 aliphatic rings. The van der Waals surface area contributed by atoms with Crippen LogP contribution in [-0.2, 0) is 19.6 Å². The molecule has 0 saturated carbocycles. The Hall–Kier alpha value is -2.91. The number of carbonyl (C=O) groups is 2. The van der Waals surface area contributed by atoms with Crippen LogP contribution in [-0.4, -0.2) is 51.4 Å². The fourth-order valence-electron chi connectivity index (χ4n) is 2.53. The molecule has 2 aromatic rings. The zero-order valence-electron chi connectivity index (χ0n) is 16.5. The SMILES string of the molecule is CCN(CC)S(=O)(=O)c1ccc(C(=O)Nc2ccc(OCC(=O)OC)cc2)cc1. The average Bonchev–Trinajstić information content (AvgIpc) is 2.73. The smallest absolute Gasteiger partial charge is 0.343 e. The van der Waals surface area contributed by atoms with Crippen LogP contribution in [0.1, 0.15) is 24.2 Å². The third kappa shape index (κ3) is 5.78. The van der Waals surface area contributed by atoms with Crippen molar-refractivity contribution in [1.29, 1.82) is 0 Å². The number of sulfonamides is 1. The molecule has 2 aromatic carbocycles. The standard InChI is InChI=1S/C20H24N2O6S/c1-4-22(5-2)29(25,26)18-12-6-15(7-13-18)20(24)21-16-8-10-17(11-9-16)28-14-19(23)27-3/h6-13H,4-5,14H2,1-3H3,(H,21,24). The highest BCUT2D eigenvalue weighted by Crippen LogP contribution is 2.19. The summed E-state index contributed by atoms with van der Waals surface area (Å²) >= 11 is 0. The molecule has 0 atom stereocenters. The van der Waals surface area contributed by atoms with E-state index in [1.54, 1.807) is 38.1 Å². The highest BCUT2D eigenvalue weighted by molar-refractivity contribution is 7.89. The molecule has 0 saturated heterocycles. The first-order valence-electron chi connectivity index (χ1n) is 9.03. The first-order valence-corrected chi connectivity index (χ1v) is 10.5. The van der Waals surface area contributed by atoms with Gasteiger partial charge in [0.1, 0.15) is 5.75 Å². The van der Waals surface area contributed by atoms with Crippen LogP contribution in [0.5, 0.6) is 5.75 Å². The molecule has 1 amide bonds. The molecular formula is C20H24N2O6S. The van der Waals surface area contributed by atoms with Crippen molar-refractivity contribution in [3.05, 3.63) is 54.1 Å². The summed E-state index contributed by atoms with van der Waals surface area (Å²) in [7, 11) is -2.29. The van der Waals surface area contributed by atoms with Crippen molar-refractivity contribution in [3.63, 3.8) is 0 Å². The molecule has 0 heterocycles. The zero-order valence-corrected chi connectivity index (χ0v) is 17.4. The molecule has 0 fully saturated rings. The number of ether oxygens (including phenoxy) is 2. The molecule has 1 N–H and O–H groups in total. The van der Waals surface area contributed by atoms with Gasteiger partial charge in [-0.05, 0) is 48.5 Å². The monoisotopic (exact) mass is 420 g/mol. The van der Waals surface area contributed by atoms with Gasteiger partial charge in [-0.2, -0.15) is 4.31 Å². The summed E-state index contributed by atoms with van der Waals surface area (Å²) in [4.78, 5) is 23.6. The molecule has 0 aliphatic heterocycles. The molecule has 2 rings (SSSR count). The van der Waals surface area contributed by atoms with Crippen LogP contribution in [0.2, 0.25) is 0 Å². The molecule has 29 heavy (non-hydrogen) atoms. The van der Waals surface area contributed by atoms with Crippen LogP contribution in [0.4, 0.5) is 5.69 Å². The van der Waals surface area contributed by atoms with Crippen LogP contribution in [0.25, 0.3) is 0 Å². The van der Waals surface area contributed by atoms with Gasteiger partial charge in [-0.3, -0.25) is 4.79 Å². The summed E-state index contributed by atoms with van der Waals surface area (Å²) in [5.41, 5.74) is 0.856. The number of anilines is 1. The quantitative estimate of drug-likeness (QED) is 0.626. The van der Waals surface area contributed by atoms with E-state index in [1.165, 1.54) is 35.7 Å². The topological polar surface area (TPSA) is 102 Å². The maximum Gasteiger partial charge on any atom is 0.343 e. The third-order valence-electron chi connectivity index (χ3n) is 4.16. The predicted octanol–water partition coefficient (Wildman–Crippen LogP) is 2.52. The number of benzene rings is 2. The molecule has 0 aromatic heterocycles. The minimum atomic E-state index is -3.57. The van der Waals surface area contributed by atoms with Crippen molar-refractivity contribution in [2.45, 2.75) is 18.7 Å². The van der Waals surface area contributed by atoms with E-state index < -0.39 is 16.0 Å². The minimum absolute atomic E-state index is 0.143. The Morgan fingerprint density at radius 3 is 2.07 bits per heavy atom. The molecule has 9 heteroatoms. The zero-order chi connectivity index (χ0) is 21.4. The first kappa shape index (κ1) is 22.4. The lowest BCUT2D eigenvalue weighted by molar-refractivity contribution is -0.142. The second-order valence-electron chi connectivity index (χ2n) is 5.96. The Bertz CT molecular complexity index is 936. The largest absolute Gasteiger partial charge is 0.482 e. The van der Waals surface area contributed by atoms with Crippen LogP contribution in [0.15, 0.2) is 53.4 Å². The van der Waals surface area contributed by atoms with E-state index in [-0.39, 0.29) is 17.4 Å². The number of rotatable bonds is 9. The number of nitrogens with one attached hydrogen (secondary N) is 1. The first-order chi connectivity index (χ1) is 13.8. The van der Waals surface area contributed by atoms with Gasteiger partial charge in [0.25, 0.3) is 5.91 Å². The fraction of sp³-hybridized carbons (Fsp3) is 0.300. The number of hydrogen-bond acceptors (Lipinski definition) is 6. The van der Waals surface area contributed by atoms with Gasteiger partial charge in [0.2, 0.25) is 10.0 Å². The Labute approximate surface area is 170 Å². The Kier molecular flexibility index (Phi) is 7.74. The van der Waals surface area contributed by atoms with Crippen molar-refractivity contribution in [2.75, 3.05) is 32.1 Å². The van der Waals surface area contributed by atoms with E-state index in [2.05, 4.69) is 10.1 Å². The van der Waals surface area contributed by atoms with Crippen LogP contribution < -0.4 is 10.1 Å². The Morgan fingerprint density at radius 2 is 1.55 bits per heavy atom. The van der Waals surface area contributed by atoms with Crippen molar-refractivity contribution in [3.8, 4) is 5.75 Å². The summed E-state index contributed by atoms with van der Waals surface area (Å²) in [5, 5.41) is 2.72. The molecule has 156 valence electrons. The van der Waals surface area contributed by atoms with E-state index in [0.717, 1.165) is 0 Å². The minimum Gasteiger partial charge on any atom is -0.482 e. The number of hydrogen-bond donors (Lipinski definition) is 1. The lowest BCUT2D eigenvalue weighted by Gasteiger charge is -2.18. The van der Waals surface area contributed by atoms with Crippen molar-refractivity contribution >= 4 is 27.6 Å². The highest BCUT2D eigenvalue weighted by atomic mass is 32.2. The summed E-state index contributed by atoms with van der Waals surface area (Å²) in [6, 6.07) is 12.3. The average molecular weight is 420 g/mol. The predicted molar refractivity (Wildman–Crippen MR) is 108 cm³/mol. The van der Waals surface area contributed by atoms with Gasteiger partial charge in [0.05, 0.1) is 12.0 Å². The summed E-state index contributed by atoms with van der Waals surface area (Å²) < 4.78 is 36.1. The fourth-order valence-corrected chi connectivity index (χ4v) is 3.99. The molecule has 0 radical (unpaired) electrons. The van der Waals surface area contributed by atoms with E-state index in [1.807, 2.05) is 0 Å². The van der Waals surface area contributed by atoms with Crippen molar-refractivity contribution < 1.29 is 27.5 Å². The maximum atomic E-state index is 12.5. The second-order valence-corrected chi connectivity index (χ2v) is 7.89. The van der Waals surface area contributed by atoms with Gasteiger partial charge in [-0.1, -0.05) is 13.8 Å². The van der Waals surface area contributed by atoms with Crippen LogP contribution in [0, 0.1) is 0 Å². The van der Waals surface area contributed by atoms with E-state index >= 15 is 0 Å². The van der Waals surface area contributed by atoms with E-state index in [4.69, 9.17) is 4.74 Å². The second kappa shape index (κ2) is 10.0. The van der Waals surface area contributed by atoms with E-state index in [0.29, 0.717) is 30.1 Å². The van der Waals surface area contributed by atoms with Gasteiger partial charge in [-0.25, -0.2) is 13.2 Å². The Morgan fingerprint density at radius 1 is 0.966 bits per heavy atom. The number of amides is 1. The normalized spacial score (nSPS) is 11.2. The van der Waals surface area contributed by atoms with Gasteiger partial charge >= 0.3 is 5.97 Å². The van der Waals surface area contributed by atoms with Gasteiger partial charge in [0.15, 0.2) is 6.61 Å². The highest BCUT2D eigenvalue weighted by Gasteiger charge is 2.21. The van der Waals surface area contributed by atoms with Gasteiger partial charge in [-0.15, -0.1) is 0 Å². The summed E-state index contributed by atoms with van der Waals surface area (Å²) in [6.45, 7) is 4.09. The summed E-state index contributed by atoms with van der Waals surface area (Å²) in [6.07, 6.45) is 0. The molecule has 0 aliphatic carbocycles. The lowest BCUT2D eigenvalue weighted by Crippen LogP contribution is -2.30. The lowest BCUT2D eigenvalue weighted by atomic mass is 10.2. The third-order valence-corrected chi connectivity index (χ3v) is 6.22. The van der Waals surface area contributed by atoms with Gasteiger partial charge < -0.3 is 14.8 Å². The summed E-state index contributed by atoms with van der Waals surface area (Å²) in [5.74, 6) is -0.409. The number of esters is 1. The molecule has 8 nitrogen and oxygen atoms in total. The van der Waals surface area contributed by atoms with Crippen LogP contribution in [0.3, 0.4) is 0 Å². The number of nitrogens with zero attached hydrogens (tertiary/aromatic N) is 1. The molecule has 0 spiro atoms. The molecule has 0 unspecified atom stereocenters. The molecular weight excluding hydrogens is 396 g/mol. The van der Waals surface area contributed by atoms with Crippen molar-refractivity contribution in [2.24, 2.45) is 0 Å².